The molecule has 0 radical (unpaired) electrons. The van der Waals surface area contributed by atoms with Crippen LogP contribution in [0.3, 0.4) is 0 Å². The molecule has 2 heteroatoms. The van der Waals surface area contributed by atoms with Gasteiger partial charge in [-0.05, 0) is 31.6 Å². The number of benzene rings is 1. The van der Waals surface area contributed by atoms with Gasteiger partial charge in [0, 0.05) is 0 Å². The van der Waals surface area contributed by atoms with E-state index in [1.54, 1.807) is 0 Å². The summed E-state index contributed by atoms with van der Waals surface area (Å²) in [4.78, 5) is 2.04. The lowest BCUT2D eigenvalue weighted by molar-refractivity contribution is 0.171. The Kier molecular flexibility index (Phi) is 4.79. The maximum Gasteiger partial charge on any atom is 0.0628 e. The van der Waals surface area contributed by atoms with Gasteiger partial charge in [-0.1, -0.05) is 37.6 Å². The Morgan fingerprint density at radius 3 is 2.20 bits per heavy atom. The summed E-state index contributed by atoms with van der Waals surface area (Å²) < 4.78 is 0. The molecular weight excluding hydrogens is 186 g/mol. The minimum absolute atomic E-state index is 0.112. The monoisotopic (exact) mass is 207 g/mol. The van der Waals surface area contributed by atoms with Gasteiger partial charge in [0.2, 0.25) is 0 Å². The van der Waals surface area contributed by atoms with E-state index >= 15 is 0 Å². The molecule has 84 valence electrons. The minimum atomic E-state index is 0.112. The van der Waals surface area contributed by atoms with E-state index in [0.29, 0.717) is 0 Å². The zero-order valence-electron chi connectivity index (χ0n) is 9.90. The molecule has 0 aliphatic rings. The second-order valence-corrected chi connectivity index (χ2v) is 4.15. The molecule has 0 aliphatic carbocycles. The van der Waals surface area contributed by atoms with Crippen molar-refractivity contribution in [3.8, 4) is 0 Å². The van der Waals surface area contributed by atoms with Gasteiger partial charge in [-0.15, -0.1) is 0 Å². The van der Waals surface area contributed by atoms with E-state index in [1.807, 2.05) is 19.0 Å². The quantitative estimate of drug-likeness (QED) is 0.800. The van der Waals surface area contributed by atoms with E-state index in [-0.39, 0.29) is 12.6 Å². The Bertz CT molecular complexity index is 279. The molecule has 1 aromatic rings. The Hall–Kier alpha value is -0.860. The van der Waals surface area contributed by atoms with Crippen molar-refractivity contribution in [3.63, 3.8) is 0 Å². The van der Waals surface area contributed by atoms with Crippen molar-refractivity contribution in [1.82, 2.24) is 4.90 Å². The number of hydrogen-bond donors (Lipinski definition) is 1. The summed E-state index contributed by atoms with van der Waals surface area (Å²) in [5, 5.41) is 9.28. The molecule has 1 N–H and O–H groups in total. The van der Waals surface area contributed by atoms with Gasteiger partial charge in [0.25, 0.3) is 0 Å². The Labute approximate surface area is 92.5 Å². The van der Waals surface area contributed by atoms with Gasteiger partial charge < -0.3 is 10.0 Å². The molecule has 0 aliphatic heterocycles. The van der Waals surface area contributed by atoms with Crippen LogP contribution in [0.1, 0.15) is 30.5 Å². The van der Waals surface area contributed by atoms with Gasteiger partial charge in [-0.25, -0.2) is 0 Å². The first-order chi connectivity index (χ1) is 7.19. The minimum Gasteiger partial charge on any atom is -0.394 e. The number of aryl methyl sites for hydroxylation is 1. The Balaban J connectivity index is 2.77. The maximum atomic E-state index is 9.28. The van der Waals surface area contributed by atoms with Crippen molar-refractivity contribution in [1.29, 1.82) is 0 Å². The van der Waals surface area contributed by atoms with Crippen LogP contribution in [0.2, 0.25) is 0 Å². The van der Waals surface area contributed by atoms with E-state index in [9.17, 15) is 5.11 Å². The number of hydrogen-bond acceptors (Lipinski definition) is 2. The first-order valence-corrected chi connectivity index (χ1v) is 5.55. The van der Waals surface area contributed by atoms with Crippen LogP contribution in [-0.2, 0) is 6.42 Å². The molecule has 1 rings (SSSR count). The van der Waals surface area contributed by atoms with Crippen LogP contribution >= 0.6 is 0 Å². The van der Waals surface area contributed by atoms with Crippen LogP contribution in [0.15, 0.2) is 24.3 Å². The first kappa shape index (κ1) is 12.2. The van der Waals surface area contributed by atoms with Crippen LogP contribution < -0.4 is 0 Å². The van der Waals surface area contributed by atoms with E-state index in [0.717, 1.165) is 6.42 Å². The molecule has 2 nitrogen and oxygen atoms in total. The highest BCUT2D eigenvalue weighted by molar-refractivity contribution is 5.25. The molecule has 1 aromatic carbocycles. The highest BCUT2D eigenvalue weighted by atomic mass is 16.3. The fourth-order valence-corrected chi connectivity index (χ4v) is 1.76. The third-order valence-electron chi connectivity index (χ3n) is 2.70. The summed E-state index contributed by atoms with van der Waals surface area (Å²) in [5.74, 6) is 0. The van der Waals surface area contributed by atoms with Crippen molar-refractivity contribution in [2.24, 2.45) is 0 Å². The fraction of sp³-hybridized carbons (Fsp3) is 0.538. The zero-order chi connectivity index (χ0) is 11.3. The van der Waals surface area contributed by atoms with Crippen LogP contribution in [0.5, 0.6) is 0 Å². The standard InChI is InChI=1S/C13H21NO/c1-4-5-11-6-8-12(9-7-11)13(10-15)14(2)3/h6-9,13,15H,4-5,10H2,1-3H3. The van der Waals surface area contributed by atoms with Crippen molar-refractivity contribution < 1.29 is 5.11 Å². The first-order valence-electron chi connectivity index (χ1n) is 5.55. The van der Waals surface area contributed by atoms with Crippen molar-refractivity contribution in [2.75, 3.05) is 20.7 Å². The lowest BCUT2D eigenvalue weighted by Gasteiger charge is -2.22. The number of likely N-dealkylation sites (N-methyl/N-ethyl adjacent to an activating group) is 1. The Morgan fingerprint density at radius 2 is 1.80 bits per heavy atom. The van der Waals surface area contributed by atoms with Crippen LogP contribution in [0, 0.1) is 0 Å². The molecule has 0 fully saturated rings. The molecule has 0 spiro atoms. The number of rotatable bonds is 5. The summed E-state index contributed by atoms with van der Waals surface area (Å²) >= 11 is 0. The van der Waals surface area contributed by atoms with E-state index in [4.69, 9.17) is 0 Å². The second-order valence-electron chi connectivity index (χ2n) is 4.15. The van der Waals surface area contributed by atoms with E-state index < -0.39 is 0 Å². The lowest BCUT2D eigenvalue weighted by Crippen LogP contribution is -2.22. The number of nitrogens with zero attached hydrogens (tertiary/aromatic N) is 1. The van der Waals surface area contributed by atoms with Crippen LogP contribution in [0.25, 0.3) is 0 Å². The normalized spacial score (nSPS) is 13.1. The maximum absolute atomic E-state index is 9.28. The summed E-state index contributed by atoms with van der Waals surface area (Å²) in [7, 11) is 3.97. The average Bonchev–Trinajstić information content (AvgIpc) is 2.21. The van der Waals surface area contributed by atoms with Gasteiger partial charge in [-0.3, -0.25) is 0 Å². The summed E-state index contributed by atoms with van der Waals surface area (Å²) in [5.41, 5.74) is 2.55. The molecule has 0 saturated carbocycles. The molecule has 0 saturated heterocycles. The summed E-state index contributed by atoms with van der Waals surface area (Å²) in [6.07, 6.45) is 2.31. The molecule has 15 heavy (non-hydrogen) atoms. The Morgan fingerprint density at radius 1 is 1.20 bits per heavy atom. The average molecular weight is 207 g/mol. The van der Waals surface area contributed by atoms with Crippen molar-refractivity contribution >= 4 is 0 Å². The molecule has 0 amide bonds. The highest BCUT2D eigenvalue weighted by Gasteiger charge is 2.11. The molecule has 0 heterocycles. The zero-order valence-corrected chi connectivity index (χ0v) is 9.90. The van der Waals surface area contributed by atoms with Gasteiger partial charge in [0.15, 0.2) is 0 Å². The topological polar surface area (TPSA) is 23.5 Å². The smallest absolute Gasteiger partial charge is 0.0628 e. The van der Waals surface area contributed by atoms with Gasteiger partial charge >= 0.3 is 0 Å². The predicted molar refractivity (Wildman–Crippen MR) is 64.0 cm³/mol. The summed E-state index contributed by atoms with van der Waals surface area (Å²) in [6.45, 7) is 2.35. The molecule has 1 atom stereocenters. The largest absolute Gasteiger partial charge is 0.394 e. The molecule has 0 aromatic heterocycles. The van der Waals surface area contributed by atoms with E-state index in [2.05, 4.69) is 31.2 Å². The van der Waals surface area contributed by atoms with Gasteiger partial charge in [-0.2, -0.15) is 0 Å². The van der Waals surface area contributed by atoms with Crippen molar-refractivity contribution in [3.05, 3.63) is 35.4 Å². The van der Waals surface area contributed by atoms with Gasteiger partial charge in [0.05, 0.1) is 12.6 Å². The molecular formula is C13H21NO. The number of aliphatic hydroxyl groups is 1. The third-order valence-corrected chi connectivity index (χ3v) is 2.70. The lowest BCUT2D eigenvalue weighted by atomic mass is 10.0. The van der Waals surface area contributed by atoms with Crippen molar-refractivity contribution in [2.45, 2.75) is 25.8 Å². The highest BCUT2D eigenvalue weighted by Crippen LogP contribution is 2.18. The summed E-state index contributed by atoms with van der Waals surface area (Å²) in [6, 6.07) is 8.66. The number of aliphatic hydroxyl groups excluding tert-OH is 1. The third kappa shape index (κ3) is 3.33. The van der Waals surface area contributed by atoms with Crippen LogP contribution in [0.4, 0.5) is 0 Å². The second kappa shape index (κ2) is 5.89. The molecule has 0 bridgehead atoms. The van der Waals surface area contributed by atoms with Gasteiger partial charge in [0.1, 0.15) is 0 Å². The SMILES string of the molecule is CCCc1ccc(C(CO)N(C)C)cc1. The fourth-order valence-electron chi connectivity index (χ4n) is 1.76. The van der Waals surface area contributed by atoms with Crippen LogP contribution in [-0.4, -0.2) is 30.7 Å². The molecule has 1 unspecified atom stereocenters. The van der Waals surface area contributed by atoms with E-state index in [1.165, 1.54) is 17.5 Å². The predicted octanol–water partition coefficient (Wildman–Crippen LogP) is 2.23.